The number of carbonyl (C=O) groups is 1. The summed E-state index contributed by atoms with van der Waals surface area (Å²) in [5.41, 5.74) is 0.932. The van der Waals surface area contributed by atoms with Crippen molar-refractivity contribution < 1.29 is 9.90 Å². The van der Waals surface area contributed by atoms with Crippen LogP contribution in [0.5, 0.6) is 5.75 Å². The number of hydrogen-bond donors (Lipinski definition) is 2. The van der Waals surface area contributed by atoms with Crippen molar-refractivity contribution in [2.24, 2.45) is 0 Å². The van der Waals surface area contributed by atoms with Gasteiger partial charge in [-0.1, -0.05) is 46.9 Å². The molecule has 0 amide bonds. The molecular formula is C11H10Cl3NO2. The summed E-state index contributed by atoms with van der Waals surface area (Å²) in [5.74, 6) is -0.579. The molecule has 1 rings (SSSR count). The first-order valence-corrected chi connectivity index (χ1v) is 5.78. The number of allylic oxidation sites excluding steroid dienone is 2. The summed E-state index contributed by atoms with van der Waals surface area (Å²) in [5, 5.41) is 12.3. The predicted octanol–water partition coefficient (Wildman–Crippen LogP) is 3.65. The third kappa shape index (κ3) is 4.46. The second-order valence-electron chi connectivity index (χ2n) is 3.33. The summed E-state index contributed by atoms with van der Waals surface area (Å²) in [4.78, 5) is 11.4. The first kappa shape index (κ1) is 14.2. The van der Waals surface area contributed by atoms with Gasteiger partial charge in [-0.25, -0.2) is 0 Å². The summed E-state index contributed by atoms with van der Waals surface area (Å²) in [6.07, 6.45) is 1.17. The molecule has 1 aromatic carbocycles. The average Bonchev–Trinajstić information content (AvgIpc) is 2.20. The summed E-state index contributed by atoms with van der Waals surface area (Å²) in [6.45, 7) is 1.63. The van der Waals surface area contributed by atoms with Crippen LogP contribution in [0.4, 0.5) is 5.69 Å². The maximum absolute atomic E-state index is 11.4. The standard InChI is InChI=1S/C11H10Cl3NO2/c1-7(6-10(17)11(12,13)14)15-8-4-2-3-5-9(8)16/h2-6,15-16H,1H3/b7-6-. The number of hydrogen-bond acceptors (Lipinski definition) is 3. The number of rotatable bonds is 3. The summed E-state index contributed by atoms with van der Waals surface area (Å²) >= 11 is 16.3. The van der Waals surface area contributed by atoms with Gasteiger partial charge in [0.25, 0.3) is 3.79 Å². The zero-order valence-electron chi connectivity index (χ0n) is 8.88. The van der Waals surface area contributed by atoms with Crippen LogP contribution in [0.15, 0.2) is 36.0 Å². The summed E-state index contributed by atoms with van der Waals surface area (Å²) < 4.78 is -1.97. The van der Waals surface area contributed by atoms with E-state index in [2.05, 4.69) is 5.32 Å². The lowest BCUT2D eigenvalue weighted by atomic mass is 10.2. The van der Waals surface area contributed by atoms with Gasteiger partial charge in [0.1, 0.15) is 5.75 Å². The lowest BCUT2D eigenvalue weighted by Gasteiger charge is -2.10. The molecule has 0 atom stereocenters. The molecule has 0 saturated heterocycles. The van der Waals surface area contributed by atoms with E-state index in [1.54, 1.807) is 25.1 Å². The van der Waals surface area contributed by atoms with Gasteiger partial charge in [-0.15, -0.1) is 0 Å². The smallest absolute Gasteiger partial charge is 0.252 e. The maximum atomic E-state index is 11.4. The Hall–Kier alpha value is -0.900. The molecule has 17 heavy (non-hydrogen) atoms. The van der Waals surface area contributed by atoms with Gasteiger partial charge in [-0.05, 0) is 19.1 Å². The van der Waals surface area contributed by atoms with Crippen LogP contribution in [0, 0.1) is 0 Å². The van der Waals surface area contributed by atoms with E-state index in [0.29, 0.717) is 11.4 Å². The third-order valence-corrected chi connectivity index (χ3v) is 2.42. The number of halogens is 3. The van der Waals surface area contributed by atoms with E-state index in [-0.39, 0.29) is 5.75 Å². The topological polar surface area (TPSA) is 49.3 Å². The highest BCUT2D eigenvalue weighted by Crippen LogP contribution is 2.28. The number of ketones is 1. The highest BCUT2D eigenvalue weighted by atomic mass is 35.6. The molecule has 0 radical (unpaired) electrons. The minimum Gasteiger partial charge on any atom is -0.506 e. The zero-order valence-corrected chi connectivity index (χ0v) is 11.1. The lowest BCUT2D eigenvalue weighted by Crippen LogP contribution is -2.17. The van der Waals surface area contributed by atoms with Gasteiger partial charge in [-0.3, -0.25) is 4.79 Å². The van der Waals surface area contributed by atoms with Gasteiger partial charge in [0.15, 0.2) is 0 Å². The van der Waals surface area contributed by atoms with Crippen LogP contribution in [-0.2, 0) is 4.79 Å². The number of phenolic OH excluding ortho intramolecular Hbond substituents is 1. The molecule has 2 N–H and O–H groups in total. The summed E-state index contributed by atoms with van der Waals surface area (Å²) in [7, 11) is 0. The minimum atomic E-state index is -1.97. The zero-order chi connectivity index (χ0) is 13.1. The molecule has 0 fully saturated rings. The molecule has 0 heterocycles. The van der Waals surface area contributed by atoms with Gasteiger partial charge in [0.05, 0.1) is 5.69 Å². The molecule has 92 valence electrons. The number of alkyl halides is 3. The molecule has 0 spiro atoms. The SMILES string of the molecule is C/C(=C/C(=O)C(Cl)(Cl)Cl)Nc1ccccc1O. The molecule has 0 saturated carbocycles. The van der Waals surface area contributed by atoms with Crippen LogP contribution >= 0.6 is 34.8 Å². The van der Waals surface area contributed by atoms with Crippen LogP contribution in [0.3, 0.4) is 0 Å². The van der Waals surface area contributed by atoms with E-state index >= 15 is 0 Å². The van der Waals surface area contributed by atoms with E-state index in [4.69, 9.17) is 34.8 Å². The van der Waals surface area contributed by atoms with Crippen molar-refractivity contribution in [1.82, 2.24) is 0 Å². The average molecular weight is 295 g/mol. The molecule has 1 aromatic rings. The Bertz CT molecular complexity index is 452. The van der Waals surface area contributed by atoms with E-state index < -0.39 is 9.58 Å². The predicted molar refractivity (Wildman–Crippen MR) is 70.8 cm³/mol. The van der Waals surface area contributed by atoms with Crippen molar-refractivity contribution in [3.05, 3.63) is 36.0 Å². The molecule has 3 nitrogen and oxygen atoms in total. The second-order valence-corrected chi connectivity index (χ2v) is 5.61. The lowest BCUT2D eigenvalue weighted by molar-refractivity contribution is -0.113. The van der Waals surface area contributed by atoms with Crippen molar-refractivity contribution in [3.8, 4) is 5.75 Å². The fraction of sp³-hybridized carbons (Fsp3) is 0.182. The van der Waals surface area contributed by atoms with Gasteiger partial charge in [0.2, 0.25) is 5.78 Å². The highest BCUT2D eigenvalue weighted by molar-refractivity contribution is 6.77. The maximum Gasteiger partial charge on any atom is 0.252 e. The molecule has 0 aliphatic heterocycles. The van der Waals surface area contributed by atoms with Gasteiger partial charge in [0, 0.05) is 11.8 Å². The first-order valence-electron chi connectivity index (χ1n) is 4.65. The van der Waals surface area contributed by atoms with E-state index in [1.165, 1.54) is 12.1 Å². The molecule has 6 heteroatoms. The first-order chi connectivity index (χ1) is 7.80. The van der Waals surface area contributed by atoms with Crippen molar-refractivity contribution >= 4 is 46.3 Å². The number of phenols is 1. The normalized spacial score (nSPS) is 12.4. The Morgan fingerprint density at radius 1 is 1.35 bits per heavy atom. The van der Waals surface area contributed by atoms with Crippen molar-refractivity contribution in [3.63, 3.8) is 0 Å². The number of benzene rings is 1. The molecule has 0 aromatic heterocycles. The molecule has 0 aliphatic rings. The van der Waals surface area contributed by atoms with E-state index in [9.17, 15) is 9.90 Å². The number of nitrogens with one attached hydrogen (secondary N) is 1. The Kier molecular flexibility index (Phi) is 4.69. The fourth-order valence-corrected chi connectivity index (χ4v) is 1.27. The Balaban J connectivity index is 2.80. The van der Waals surface area contributed by atoms with Gasteiger partial charge >= 0.3 is 0 Å². The van der Waals surface area contributed by atoms with Crippen LogP contribution in [0.1, 0.15) is 6.92 Å². The van der Waals surface area contributed by atoms with Crippen LogP contribution in [0.2, 0.25) is 0 Å². The van der Waals surface area contributed by atoms with Crippen molar-refractivity contribution in [1.29, 1.82) is 0 Å². The number of aromatic hydroxyl groups is 1. The quantitative estimate of drug-likeness (QED) is 0.508. The Labute approximate surface area is 114 Å². The van der Waals surface area contributed by atoms with Gasteiger partial charge in [-0.2, -0.15) is 0 Å². The van der Waals surface area contributed by atoms with Crippen LogP contribution in [-0.4, -0.2) is 14.7 Å². The number of anilines is 1. The van der Waals surface area contributed by atoms with Gasteiger partial charge < -0.3 is 10.4 Å². The van der Waals surface area contributed by atoms with E-state index in [1.807, 2.05) is 0 Å². The molecular weight excluding hydrogens is 284 g/mol. The highest BCUT2D eigenvalue weighted by Gasteiger charge is 2.28. The third-order valence-electron chi connectivity index (χ3n) is 1.86. The Morgan fingerprint density at radius 2 is 1.94 bits per heavy atom. The number of carbonyl (C=O) groups excluding carboxylic acids is 1. The monoisotopic (exact) mass is 293 g/mol. The molecule has 0 bridgehead atoms. The second kappa shape index (κ2) is 5.63. The van der Waals surface area contributed by atoms with Crippen LogP contribution < -0.4 is 5.32 Å². The van der Waals surface area contributed by atoms with Crippen LogP contribution in [0.25, 0.3) is 0 Å². The molecule has 0 unspecified atom stereocenters. The fourth-order valence-electron chi connectivity index (χ4n) is 1.11. The Morgan fingerprint density at radius 3 is 2.47 bits per heavy atom. The van der Waals surface area contributed by atoms with E-state index in [0.717, 1.165) is 0 Å². The molecule has 0 aliphatic carbocycles. The van der Waals surface area contributed by atoms with Crippen molar-refractivity contribution in [2.45, 2.75) is 10.7 Å². The largest absolute Gasteiger partial charge is 0.506 e. The summed E-state index contributed by atoms with van der Waals surface area (Å²) in [6, 6.07) is 6.61. The minimum absolute atomic E-state index is 0.0709. The number of para-hydroxylation sites is 2. The van der Waals surface area contributed by atoms with Crippen molar-refractivity contribution in [2.75, 3.05) is 5.32 Å².